The van der Waals surface area contributed by atoms with Crippen molar-refractivity contribution in [2.24, 2.45) is 0 Å². The Bertz CT molecular complexity index is 1340. The molecule has 4 aromatic rings. The van der Waals surface area contributed by atoms with E-state index in [1.54, 1.807) is 11.0 Å². The molecular formula is C21H21N7O3. The van der Waals surface area contributed by atoms with Crippen molar-refractivity contribution >= 4 is 16.9 Å². The number of nitrogens with zero attached hydrogens (tertiary/aromatic N) is 5. The molecule has 158 valence electrons. The van der Waals surface area contributed by atoms with E-state index < -0.39 is 11.2 Å². The lowest BCUT2D eigenvalue weighted by molar-refractivity contribution is 0.0939. The van der Waals surface area contributed by atoms with Crippen LogP contribution in [0.1, 0.15) is 42.2 Å². The van der Waals surface area contributed by atoms with Crippen molar-refractivity contribution < 1.29 is 4.79 Å². The Labute approximate surface area is 176 Å². The third-order valence-corrected chi connectivity index (χ3v) is 4.97. The van der Waals surface area contributed by atoms with Gasteiger partial charge >= 0.3 is 5.69 Å². The highest BCUT2D eigenvalue weighted by molar-refractivity contribution is 5.96. The first kappa shape index (κ1) is 20.2. The quantitative estimate of drug-likeness (QED) is 0.488. The second-order valence-corrected chi connectivity index (χ2v) is 7.13. The Morgan fingerprint density at radius 2 is 2.00 bits per heavy atom. The van der Waals surface area contributed by atoms with Crippen molar-refractivity contribution in [2.75, 3.05) is 0 Å². The van der Waals surface area contributed by atoms with E-state index in [0.29, 0.717) is 13.0 Å². The predicted molar refractivity (Wildman–Crippen MR) is 114 cm³/mol. The number of benzene rings is 1. The fourth-order valence-corrected chi connectivity index (χ4v) is 3.34. The fraction of sp³-hybridized carbons (Fsp3) is 0.238. The Kier molecular flexibility index (Phi) is 5.44. The van der Waals surface area contributed by atoms with Crippen LogP contribution >= 0.6 is 0 Å². The lowest BCUT2D eigenvalue weighted by Crippen LogP contribution is -2.31. The Morgan fingerprint density at radius 3 is 2.68 bits per heavy atom. The van der Waals surface area contributed by atoms with E-state index in [1.165, 1.54) is 23.2 Å². The third kappa shape index (κ3) is 4.00. The first-order chi connectivity index (χ1) is 15.0. The molecule has 31 heavy (non-hydrogen) atoms. The molecule has 1 unspecified atom stereocenters. The molecule has 0 radical (unpaired) electrons. The number of carbonyl (C=O) groups excluding carboxylic acids is 1. The van der Waals surface area contributed by atoms with Crippen molar-refractivity contribution in [3.63, 3.8) is 0 Å². The molecule has 2 N–H and O–H groups in total. The molecule has 0 aliphatic heterocycles. The predicted octanol–water partition coefficient (Wildman–Crippen LogP) is 1.57. The summed E-state index contributed by atoms with van der Waals surface area (Å²) >= 11 is 0. The average Bonchev–Trinajstić information content (AvgIpc) is 3.31. The maximum absolute atomic E-state index is 12.8. The first-order valence-electron chi connectivity index (χ1n) is 9.86. The van der Waals surface area contributed by atoms with Gasteiger partial charge in [-0.05, 0) is 37.1 Å². The lowest BCUT2D eigenvalue weighted by Gasteiger charge is -2.15. The van der Waals surface area contributed by atoms with Crippen LogP contribution < -0.4 is 16.6 Å². The maximum Gasteiger partial charge on any atom is 0.329 e. The summed E-state index contributed by atoms with van der Waals surface area (Å²) in [6, 6.07) is 8.75. The highest BCUT2D eigenvalue weighted by atomic mass is 16.2. The van der Waals surface area contributed by atoms with Crippen LogP contribution in [0.3, 0.4) is 0 Å². The number of fused-ring (bicyclic) bond motifs is 1. The molecular weight excluding hydrogens is 398 g/mol. The van der Waals surface area contributed by atoms with Crippen LogP contribution in [-0.4, -0.2) is 35.2 Å². The van der Waals surface area contributed by atoms with Gasteiger partial charge in [0.15, 0.2) is 0 Å². The first-order valence-corrected chi connectivity index (χ1v) is 9.86. The zero-order valence-corrected chi connectivity index (χ0v) is 17.1. The minimum Gasteiger partial charge on any atom is -0.345 e. The highest BCUT2D eigenvalue weighted by Crippen LogP contribution is 2.16. The van der Waals surface area contributed by atoms with Crippen molar-refractivity contribution in [3.05, 3.63) is 81.1 Å². The lowest BCUT2D eigenvalue weighted by atomic mass is 10.1. The second-order valence-electron chi connectivity index (χ2n) is 7.13. The normalized spacial score (nSPS) is 12.1. The Balaban J connectivity index is 1.56. The number of aromatic nitrogens is 6. The number of hydrogen-bond acceptors (Lipinski definition) is 6. The van der Waals surface area contributed by atoms with Crippen LogP contribution in [0.5, 0.6) is 0 Å². The summed E-state index contributed by atoms with van der Waals surface area (Å²) in [7, 11) is 0. The largest absolute Gasteiger partial charge is 0.345 e. The van der Waals surface area contributed by atoms with E-state index in [4.69, 9.17) is 0 Å². The van der Waals surface area contributed by atoms with Crippen molar-refractivity contribution in [1.29, 1.82) is 0 Å². The van der Waals surface area contributed by atoms with E-state index in [0.717, 1.165) is 11.3 Å². The molecule has 0 aliphatic carbocycles. The van der Waals surface area contributed by atoms with Gasteiger partial charge in [0.2, 0.25) is 0 Å². The van der Waals surface area contributed by atoms with Crippen molar-refractivity contribution in [1.82, 2.24) is 34.6 Å². The van der Waals surface area contributed by atoms with Gasteiger partial charge in [0.25, 0.3) is 11.5 Å². The summed E-state index contributed by atoms with van der Waals surface area (Å²) in [5.74, 6) is -0.366. The smallest absolute Gasteiger partial charge is 0.329 e. The van der Waals surface area contributed by atoms with Gasteiger partial charge in [-0.15, -0.1) is 0 Å². The van der Waals surface area contributed by atoms with E-state index in [1.807, 2.05) is 38.1 Å². The number of pyridine rings is 1. The zero-order chi connectivity index (χ0) is 22.0. The van der Waals surface area contributed by atoms with Gasteiger partial charge in [0.1, 0.15) is 18.3 Å². The Hall–Kier alpha value is -4.08. The summed E-state index contributed by atoms with van der Waals surface area (Å²) in [5.41, 5.74) is 1.20. The number of aryl methyl sites for hydroxylation is 1. The van der Waals surface area contributed by atoms with Gasteiger partial charge in [0.05, 0.1) is 22.7 Å². The number of H-pyrrole nitrogens is 1. The van der Waals surface area contributed by atoms with Gasteiger partial charge in [0, 0.05) is 12.7 Å². The highest BCUT2D eigenvalue weighted by Gasteiger charge is 2.15. The molecule has 3 heterocycles. The van der Waals surface area contributed by atoms with Crippen LogP contribution in [0.15, 0.2) is 58.8 Å². The summed E-state index contributed by atoms with van der Waals surface area (Å²) < 4.78 is 3.04. The van der Waals surface area contributed by atoms with Crippen molar-refractivity contribution in [2.45, 2.75) is 32.9 Å². The number of carbonyl (C=O) groups is 1. The van der Waals surface area contributed by atoms with Crippen LogP contribution in [0.4, 0.5) is 0 Å². The zero-order valence-electron chi connectivity index (χ0n) is 17.1. The molecule has 10 heteroatoms. The van der Waals surface area contributed by atoms with Crippen LogP contribution in [0.2, 0.25) is 0 Å². The van der Waals surface area contributed by atoms with E-state index in [2.05, 4.69) is 25.4 Å². The molecule has 1 atom stereocenters. The molecule has 0 saturated heterocycles. The third-order valence-electron chi connectivity index (χ3n) is 4.97. The molecule has 4 rings (SSSR count). The number of rotatable bonds is 6. The fourth-order valence-electron chi connectivity index (χ4n) is 3.34. The second kappa shape index (κ2) is 8.34. The summed E-state index contributed by atoms with van der Waals surface area (Å²) in [6.45, 7) is 4.21. The minimum absolute atomic E-state index is 0.200. The molecule has 0 aliphatic rings. The van der Waals surface area contributed by atoms with Crippen LogP contribution in [-0.2, 0) is 6.54 Å². The number of nitrogens with one attached hydrogen (secondary N) is 2. The number of aromatic amines is 1. The van der Waals surface area contributed by atoms with Gasteiger partial charge in [-0.3, -0.25) is 19.1 Å². The van der Waals surface area contributed by atoms with E-state index >= 15 is 0 Å². The van der Waals surface area contributed by atoms with Crippen LogP contribution in [0.25, 0.3) is 16.7 Å². The molecule has 0 spiro atoms. The minimum atomic E-state index is -0.564. The maximum atomic E-state index is 12.8. The van der Waals surface area contributed by atoms with Gasteiger partial charge < -0.3 is 5.32 Å². The number of amides is 1. The van der Waals surface area contributed by atoms with Gasteiger partial charge in [-0.1, -0.05) is 19.1 Å². The standard InChI is InChI=1S/C21H21N7O3/c1-3-8-27-18-17(20(30)26-21(27)31)9-15(10-23-18)19(29)25-13(2)14-4-6-16(7-5-14)28-12-22-11-24-28/h4-7,9-13H,3,8H2,1-2H3,(H,25,29)(H,26,30,31). The SMILES string of the molecule is CCCn1c(=O)[nH]c(=O)c2cc(C(=O)NC(C)c3ccc(-n4cncn4)cc3)cnc21. The Morgan fingerprint density at radius 1 is 1.23 bits per heavy atom. The van der Waals surface area contributed by atoms with Crippen LogP contribution in [0, 0.1) is 0 Å². The molecule has 0 fully saturated rings. The molecule has 1 amide bonds. The van der Waals surface area contributed by atoms with E-state index in [9.17, 15) is 14.4 Å². The average molecular weight is 419 g/mol. The molecule has 0 bridgehead atoms. The van der Waals surface area contributed by atoms with E-state index in [-0.39, 0.29) is 28.5 Å². The topological polar surface area (TPSA) is 128 Å². The molecule has 0 saturated carbocycles. The van der Waals surface area contributed by atoms with Crippen molar-refractivity contribution in [3.8, 4) is 5.69 Å². The van der Waals surface area contributed by atoms with Gasteiger partial charge in [-0.25, -0.2) is 19.4 Å². The summed E-state index contributed by atoms with van der Waals surface area (Å²) in [5, 5.41) is 7.19. The summed E-state index contributed by atoms with van der Waals surface area (Å²) in [6.07, 6.45) is 5.15. The molecule has 1 aromatic carbocycles. The molecule has 3 aromatic heterocycles. The monoisotopic (exact) mass is 419 g/mol. The molecule has 10 nitrogen and oxygen atoms in total. The number of hydrogen-bond donors (Lipinski definition) is 2. The van der Waals surface area contributed by atoms with Gasteiger partial charge in [-0.2, -0.15) is 5.10 Å². The summed E-state index contributed by atoms with van der Waals surface area (Å²) in [4.78, 5) is 47.5.